The Morgan fingerprint density at radius 1 is 0.958 bits per heavy atom. The molecule has 1 amide bonds. The molecular weight excluding hydrogens is 298 g/mol. The molecular formula is C21H21NO2. The van der Waals surface area contributed by atoms with Crippen molar-refractivity contribution in [1.29, 1.82) is 0 Å². The van der Waals surface area contributed by atoms with Crippen molar-refractivity contribution in [1.82, 2.24) is 0 Å². The molecule has 1 unspecified atom stereocenters. The summed E-state index contributed by atoms with van der Waals surface area (Å²) in [6.45, 7) is 5.79. The van der Waals surface area contributed by atoms with E-state index in [0.29, 0.717) is 0 Å². The van der Waals surface area contributed by atoms with E-state index in [1.165, 1.54) is 0 Å². The van der Waals surface area contributed by atoms with Gasteiger partial charge in [0.1, 0.15) is 5.75 Å². The van der Waals surface area contributed by atoms with Crippen molar-refractivity contribution in [2.45, 2.75) is 26.9 Å². The number of nitrogens with one attached hydrogen (secondary N) is 1. The van der Waals surface area contributed by atoms with Gasteiger partial charge in [-0.15, -0.1) is 0 Å². The fourth-order valence-electron chi connectivity index (χ4n) is 2.83. The normalized spacial score (nSPS) is 12.0. The lowest BCUT2D eigenvalue weighted by atomic mass is 10.1. The first-order valence-electron chi connectivity index (χ1n) is 8.06. The second-order valence-corrected chi connectivity index (χ2v) is 6.10. The summed E-state index contributed by atoms with van der Waals surface area (Å²) in [7, 11) is 0. The monoisotopic (exact) mass is 319 g/mol. The Balaban J connectivity index is 1.76. The molecule has 122 valence electrons. The van der Waals surface area contributed by atoms with Crippen molar-refractivity contribution in [3.63, 3.8) is 0 Å². The second-order valence-electron chi connectivity index (χ2n) is 6.10. The average molecular weight is 319 g/mol. The van der Waals surface area contributed by atoms with Gasteiger partial charge >= 0.3 is 0 Å². The summed E-state index contributed by atoms with van der Waals surface area (Å²) in [4.78, 5) is 12.4. The highest BCUT2D eigenvalue weighted by Crippen LogP contribution is 2.26. The van der Waals surface area contributed by atoms with Crippen LogP contribution in [0.3, 0.4) is 0 Å². The summed E-state index contributed by atoms with van der Waals surface area (Å²) in [5, 5.41) is 5.03. The van der Waals surface area contributed by atoms with Gasteiger partial charge in [0, 0.05) is 11.1 Å². The zero-order chi connectivity index (χ0) is 17.1. The maximum absolute atomic E-state index is 12.4. The quantitative estimate of drug-likeness (QED) is 0.745. The molecule has 3 nitrogen and oxygen atoms in total. The van der Waals surface area contributed by atoms with E-state index in [2.05, 4.69) is 11.4 Å². The number of carbonyl (C=O) groups excluding carboxylic acids is 1. The lowest BCUT2D eigenvalue weighted by molar-refractivity contribution is -0.122. The number of carbonyl (C=O) groups is 1. The molecule has 0 heterocycles. The Bertz CT molecular complexity index is 860. The van der Waals surface area contributed by atoms with Crippen LogP contribution in [0, 0.1) is 13.8 Å². The van der Waals surface area contributed by atoms with Gasteiger partial charge in [-0.2, -0.15) is 0 Å². The average Bonchev–Trinajstić information content (AvgIpc) is 2.54. The standard InChI is InChI=1S/C21H21NO2/c1-14-11-15(2)13-18(12-14)22-21(23)16(3)24-20-10-6-8-17-7-4-5-9-19(17)20/h4-13,16H,1-3H3,(H,22,23). The molecule has 3 heteroatoms. The van der Waals surface area contributed by atoms with Gasteiger partial charge in [0.25, 0.3) is 5.91 Å². The molecule has 3 aromatic carbocycles. The van der Waals surface area contributed by atoms with Crippen LogP contribution in [-0.4, -0.2) is 12.0 Å². The highest BCUT2D eigenvalue weighted by Gasteiger charge is 2.16. The number of rotatable bonds is 4. The van der Waals surface area contributed by atoms with Gasteiger partial charge in [-0.1, -0.05) is 42.5 Å². The third-order valence-corrected chi connectivity index (χ3v) is 3.91. The molecule has 0 aromatic heterocycles. The van der Waals surface area contributed by atoms with Crippen LogP contribution < -0.4 is 10.1 Å². The number of hydrogen-bond acceptors (Lipinski definition) is 2. The number of ether oxygens (including phenoxy) is 1. The van der Waals surface area contributed by atoms with E-state index in [0.717, 1.165) is 33.3 Å². The summed E-state index contributed by atoms with van der Waals surface area (Å²) in [5.41, 5.74) is 3.03. The fourth-order valence-corrected chi connectivity index (χ4v) is 2.83. The van der Waals surface area contributed by atoms with Crippen LogP contribution in [-0.2, 0) is 4.79 Å². The van der Waals surface area contributed by atoms with E-state index in [9.17, 15) is 4.79 Å². The van der Waals surface area contributed by atoms with Crippen LogP contribution in [0.5, 0.6) is 5.75 Å². The summed E-state index contributed by atoms with van der Waals surface area (Å²) >= 11 is 0. The molecule has 1 atom stereocenters. The Labute approximate surface area is 142 Å². The van der Waals surface area contributed by atoms with Crippen molar-refractivity contribution in [2.75, 3.05) is 5.32 Å². The van der Waals surface area contributed by atoms with Crippen LogP contribution in [0.4, 0.5) is 5.69 Å². The Kier molecular flexibility index (Phi) is 4.52. The van der Waals surface area contributed by atoms with Crippen molar-refractivity contribution in [3.05, 3.63) is 71.8 Å². The van der Waals surface area contributed by atoms with Crippen molar-refractivity contribution < 1.29 is 9.53 Å². The molecule has 0 aliphatic carbocycles. The smallest absolute Gasteiger partial charge is 0.265 e. The number of aryl methyl sites for hydroxylation is 2. The first-order chi connectivity index (χ1) is 11.5. The molecule has 3 aromatic rings. The van der Waals surface area contributed by atoms with E-state index in [1.54, 1.807) is 6.92 Å². The van der Waals surface area contributed by atoms with Crippen LogP contribution in [0.15, 0.2) is 60.7 Å². The van der Waals surface area contributed by atoms with Crippen LogP contribution in [0.25, 0.3) is 10.8 Å². The second kappa shape index (κ2) is 6.75. The Morgan fingerprint density at radius 2 is 1.62 bits per heavy atom. The molecule has 0 spiro atoms. The number of fused-ring (bicyclic) bond motifs is 1. The van der Waals surface area contributed by atoms with Crippen molar-refractivity contribution in [2.24, 2.45) is 0 Å². The fraction of sp³-hybridized carbons (Fsp3) is 0.190. The van der Waals surface area contributed by atoms with Gasteiger partial charge in [-0.25, -0.2) is 0 Å². The minimum atomic E-state index is -0.586. The van der Waals surface area contributed by atoms with Gasteiger partial charge < -0.3 is 10.1 Å². The molecule has 0 aliphatic heterocycles. The molecule has 0 bridgehead atoms. The Hall–Kier alpha value is -2.81. The number of amides is 1. The van der Waals surface area contributed by atoms with Gasteiger partial charge in [-0.3, -0.25) is 4.79 Å². The SMILES string of the molecule is Cc1cc(C)cc(NC(=O)C(C)Oc2cccc3ccccc23)c1. The molecule has 3 rings (SSSR count). The van der Waals surface area contributed by atoms with E-state index < -0.39 is 6.10 Å². The summed E-state index contributed by atoms with van der Waals surface area (Å²) < 4.78 is 5.91. The maximum atomic E-state index is 12.4. The van der Waals surface area contributed by atoms with E-state index >= 15 is 0 Å². The lowest BCUT2D eigenvalue weighted by Crippen LogP contribution is -2.30. The molecule has 0 aliphatic rings. The number of hydrogen-bond donors (Lipinski definition) is 1. The molecule has 0 saturated carbocycles. The summed E-state index contributed by atoms with van der Waals surface area (Å²) in [6.07, 6.45) is -0.586. The van der Waals surface area contributed by atoms with Crippen molar-refractivity contribution >= 4 is 22.4 Å². The minimum Gasteiger partial charge on any atom is -0.480 e. The summed E-state index contributed by atoms with van der Waals surface area (Å²) in [6, 6.07) is 19.8. The highest BCUT2D eigenvalue weighted by atomic mass is 16.5. The van der Waals surface area contributed by atoms with Crippen molar-refractivity contribution in [3.8, 4) is 5.75 Å². The highest BCUT2D eigenvalue weighted by molar-refractivity contribution is 5.95. The predicted molar refractivity (Wildman–Crippen MR) is 98.6 cm³/mol. The predicted octanol–water partition coefficient (Wildman–Crippen LogP) is 4.86. The zero-order valence-corrected chi connectivity index (χ0v) is 14.2. The van der Waals surface area contributed by atoms with Gasteiger partial charge in [0.05, 0.1) is 0 Å². The first kappa shape index (κ1) is 16.1. The number of anilines is 1. The molecule has 0 saturated heterocycles. The third kappa shape index (κ3) is 3.57. The largest absolute Gasteiger partial charge is 0.480 e. The van der Waals surface area contributed by atoms with Crippen LogP contribution in [0.1, 0.15) is 18.1 Å². The van der Waals surface area contributed by atoms with Gasteiger partial charge in [-0.05, 0) is 55.5 Å². The van der Waals surface area contributed by atoms with Crippen LogP contribution >= 0.6 is 0 Å². The van der Waals surface area contributed by atoms with Gasteiger partial charge in [0.15, 0.2) is 6.10 Å². The zero-order valence-electron chi connectivity index (χ0n) is 14.2. The molecule has 0 fully saturated rings. The third-order valence-electron chi connectivity index (χ3n) is 3.91. The molecule has 24 heavy (non-hydrogen) atoms. The van der Waals surface area contributed by atoms with Crippen LogP contribution in [0.2, 0.25) is 0 Å². The maximum Gasteiger partial charge on any atom is 0.265 e. The molecule has 1 N–H and O–H groups in total. The van der Waals surface area contributed by atoms with E-state index in [4.69, 9.17) is 4.74 Å². The van der Waals surface area contributed by atoms with E-state index in [-0.39, 0.29) is 5.91 Å². The minimum absolute atomic E-state index is 0.159. The number of benzene rings is 3. The van der Waals surface area contributed by atoms with Gasteiger partial charge in [0.2, 0.25) is 0 Å². The summed E-state index contributed by atoms with van der Waals surface area (Å²) in [5.74, 6) is 0.559. The Morgan fingerprint density at radius 3 is 2.38 bits per heavy atom. The van der Waals surface area contributed by atoms with E-state index in [1.807, 2.05) is 68.4 Å². The lowest BCUT2D eigenvalue weighted by Gasteiger charge is -2.16. The first-order valence-corrected chi connectivity index (χ1v) is 8.06. The molecule has 0 radical (unpaired) electrons. The topological polar surface area (TPSA) is 38.3 Å².